The lowest BCUT2D eigenvalue weighted by Gasteiger charge is -2.27. The summed E-state index contributed by atoms with van der Waals surface area (Å²) in [6, 6.07) is 9.68. The molecule has 1 aliphatic rings. The maximum absolute atomic E-state index is 12.7. The first kappa shape index (κ1) is 18.4. The van der Waals surface area contributed by atoms with Crippen molar-refractivity contribution in [2.75, 3.05) is 11.9 Å². The molecule has 2 N–H and O–H groups in total. The predicted molar refractivity (Wildman–Crippen MR) is 104 cm³/mol. The third-order valence-corrected chi connectivity index (χ3v) is 5.19. The number of pyridine rings is 1. The highest BCUT2D eigenvalue weighted by Gasteiger charge is 2.30. The van der Waals surface area contributed by atoms with Crippen LogP contribution in [0.2, 0.25) is 0 Å². The summed E-state index contributed by atoms with van der Waals surface area (Å²) < 4.78 is 0. The summed E-state index contributed by atoms with van der Waals surface area (Å²) in [6.07, 6.45) is 6.92. The van der Waals surface area contributed by atoms with Gasteiger partial charge in [0.1, 0.15) is 0 Å². The van der Waals surface area contributed by atoms with Gasteiger partial charge in [-0.05, 0) is 44.2 Å². The van der Waals surface area contributed by atoms with Crippen molar-refractivity contribution in [3.05, 3.63) is 36.5 Å². The summed E-state index contributed by atoms with van der Waals surface area (Å²) in [6.45, 7) is 2.87. The van der Waals surface area contributed by atoms with Crippen molar-refractivity contribution in [2.45, 2.75) is 45.4 Å². The van der Waals surface area contributed by atoms with E-state index in [2.05, 4.69) is 22.5 Å². The predicted octanol–water partition coefficient (Wildman–Crippen LogP) is 3.90. The van der Waals surface area contributed by atoms with Crippen molar-refractivity contribution >= 4 is 28.4 Å². The number of unbranched alkanes of at least 4 members (excludes halogenated alkanes) is 1. The minimum atomic E-state index is -0.0336. The molecule has 5 nitrogen and oxygen atoms in total. The van der Waals surface area contributed by atoms with E-state index in [-0.39, 0.29) is 23.7 Å². The first-order valence-electron chi connectivity index (χ1n) is 9.61. The molecule has 1 heterocycles. The van der Waals surface area contributed by atoms with Crippen LogP contribution in [0.15, 0.2) is 36.5 Å². The Kier molecular flexibility index (Phi) is 6.21. The molecule has 5 heteroatoms. The molecule has 1 aliphatic carbocycles. The zero-order valence-corrected chi connectivity index (χ0v) is 15.3. The Balaban J connectivity index is 1.54. The molecular formula is C21H27N3O2. The van der Waals surface area contributed by atoms with Crippen molar-refractivity contribution in [1.29, 1.82) is 0 Å². The Hall–Kier alpha value is -2.43. The van der Waals surface area contributed by atoms with Gasteiger partial charge in [0, 0.05) is 30.0 Å². The van der Waals surface area contributed by atoms with E-state index in [1.807, 2.05) is 30.3 Å². The molecule has 0 atom stereocenters. The second-order valence-electron chi connectivity index (χ2n) is 7.06. The van der Waals surface area contributed by atoms with E-state index in [9.17, 15) is 9.59 Å². The van der Waals surface area contributed by atoms with Gasteiger partial charge in [-0.25, -0.2) is 0 Å². The van der Waals surface area contributed by atoms with Gasteiger partial charge >= 0.3 is 0 Å². The SMILES string of the molecule is CCCCNC(=O)C1CCC(C(=O)Nc2cccc3cccnc23)CC1. The number of rotatable bonds is 6. The average Bonchev–Trinajstić information content (AvgIpc) is 2.68. The number of hydrogen-bond acceptors (Lipinski definition) is 3. The van der Waals surface area contributed by atoms with E-state index in [0.717, 1.165) is 61.7 Å². The number of aromatic nitrogens is 1. The van der Waals surface area contributed by atoms with Crippen molar-refractivity contribution in [2.24, 2.45) is 11.8 Å². The van der Waals surface area contributed by atoms with Gasteiger partial charge in [-0.15, -0.1) is 0 Å². The number of para-hydroxylation sites is 1. The van der Waals surface area contributed by atoms with Crippen molar-refractivity contribution < 1.29 is 9.59 Å². The van der Waals surface area contributed by atoms with Crippen LogP contribution in [0.4, 0.5) is 5.69 Å². The lowest BCUT2D eigenvalue weighted by atomic mass is 9.81. The van der Waals surface area contributed by atoms with Crippen molar-refractivity contribution in [3.8, 4) is 0 Å². The van der Waals surface area contributed by atoms with Gasteiger partial charge in [-0.1, -0.05) is 31.5 Å². The summed E-state index contributed by atoms with van der Waals surface area (Å²) >= 11 is 0. The Morgan fingerprint density at radius 3 is 2.46 bits per heavy atom. The number of amides is 2. The van der Waals surface area contributed by atoms with E-state index >= 15 is 0 Å². The first-order chi connectivity index (χ1) is 12.7. The molecule has 0 unspecified atom stereocenters. The van der Waals surface area contributed by atoms with Crippen LogP contribution in [0, 0.1) is 11.8 Å². The highest BCUT2D eigenvalue weighted by molar-refractivity contribution is 6.01. The van der Waals surface area contributed by atoms with E-state index in [1.165, 1.54) is 0 Å². The number of hydrogen-bond donors (Lipinski definition) is 2. The number of fused-ring (bicyclic) bond motifs is 1. The Morgan fingerprint density at radius 2 is 1.73 bits per heavy atom. The Morgan fingerprint density at radius 1 is 1.04 bits per heavy atom. The topological polar surface area (TPSA) is 71.1 Å². The molecule has 1 aromatic carbocycles. The van der Waals surface area contributed by atoms with Gasteiger partial charge < -0.3 is 10.6 Å². The summed E-state index contributed by atoms with van der Waals surface area (Å²) in [5.74, 6) is 0.201. The van der Waals surface area contributed by atoms with Crippen LogP contribution < -0.4 is 10.6 Å². The number of carbonyl (C=O) groups is 2. The van der Waals surface area contributed by atoms with Crippen LogP contribution in [-0.4, -0.2) is 23.3 Å². The molecule has 1 fully saturated rings. The second-order valence-corrected chi connectivity index (χ2v) is 7.06. The molecule has 1 aromatic heterocycles. The van der Waals surface area contributed by atoms with Gasteiger partial charge in [0.15, 0.2) is 0 Å². The molecular weight excluding hydrogens is 326 g/mol. The van der Waals surface area contributed by atoms with Crippen LogP contribution in [0.5, 0.6) is 0 Å². The highest BCUT2D eigenvalue weighted by atomic mass is 16.2. The molecule has 138 valence electrons. The molecule has 26 heavy (non-hydrogen) atoms. The molecule has 1 saturated carbocycles. The Labute approximate surface area is 154 Å². The monoisotopic (exact) mass is 353 g/mol. The van der Waals surface area contributed by atoms with E-state index in [1.54, 1.807) is 6.20 Å². The minimum Gasteiger partial charge on any atom is -0.356 e. The maximum atomic E-state index is 12.7. The van der Waals surface area contributed by atoms with Crippen LogP contribution in [-0.2, 0) is 9.59 Å². The lowest BCUT2D eigenvalue weighted by Crippen LogP contribution is -2.35. The van der Waals surface area contributed by atoms with E-state index < -0.39 is 0 Å². The summed E-state index contributed by atoms with van der Waals surface area (Å²) in [5, 5.41) is 7.06. The average molecular weight is 353 g/mol. The lowest BCUT2D eigenvalue weighted by molar-refractivity contribution is -0.128. The summed E-state index contributed by atoms with van der Waals surface area (Å²) in [5.41, 5.74) is 1.57. The van der Waals surface area contributed by atoms with Gasteiger partial charge in [-0.2, -0.15) is 0 Å². The fourth-order valence-corrected chi connectivity index (χ4v) is 3.59. The molecule has 0 radical (unpaired) electrons. The fraction of sp³-hybridized carbons (Fsp3) is 0.476. The minimum absolute atomic E-state index is 0.0336. The van der Waals surface area contributed by atoms with Crippen LogP contribution >= 0.6 is 0 Å². The number of anilines is 1. The molecule has 0 aliphatic heterocycles. The zero-order chi connectivity index (χ0) is 18.4. The molecule has 0 spiro atoms. The largest absolute Gasteiger partial charge is 0.356 e. The summed E-state index contributed by atoms with van der Waals surface area (Å²) in [4.78, 5) is 29.2. The number of nitrogens with one attached hydrogen (secondary N) is 2. The third kappa shape index (κ3) is 4.40. The first-order valence-corrected chi connectivity index (χ1v) is 9.61. The van der Waals surface area contributed by atoms with E-state index in [0.29, 0.717) is 0 Å². The Bertz CT molecular complexity index is 761. The molecule has 0 bridgehead atoms. The molecule has 2 aromatic rings. The standard InChI is InChI=1S/C21H27N3O2/c1-2-3-13-23-20(25)16-9-11-17(12-10-16)21(26)24-18-8-4-6-15-7-5-14-22-19(15)18/h4-8,14,16-17H,2-3,9-13H2,1H3,(H,23,25)(H,24,26). The normalized spacial score (nSPS) is 19.9. The molecule has 3 rings (SSSR count). The molecule has 2 amide bonds. The van der Waals surface area contributed by atoms with E-state index in [4.69, 9.17) is 0 Å². The third-order valence-electron chi connectivity index (χ3n) is 5.19. The smallest absolute Gasteiger partial charge is 0.227 e. The van der Waals surface area contributed by atoms with Crippen LogP contribution in [0.25, 0.3) is 10.9 Å². The summed E-state index contributed by atoms with van der Waals surface area (Å²) in [7, 11) is 0. The number of nitrogens with zero attached hydrogens (tertiary/aromatic N) is 1. The second kappa shape index (κ2) is 8.79. The zero-order valence-electron chi connectivity index (χ0n) is 15.3. The van der Waals surface area contributed by atoms with Crippen LogP contribution in [0.1, 0.15) is 45.4 Å². The number of benzene rings is 1. The van der Waals surface area contributed by atoms with Gasteiger partial charge in [0.25, 0.3) is 0 Å². The van der Waals surface area contributed by atoms with Gasteiger partial charge in [0.2, 0.25) is 11.8 Å². The van der Waals surface area contributed by atoms with Gasteiger partial charge in [0.05, 0.1) is 11.2 Å². The maximum Gasteiger partial charge on any atom is 0.227 e. The fourth-order valence-electron chi connectivity index (χ4n) is 3.59. The van der Waals surface area contributed by atoms with Crippen LogP contribution in [0.3, 0.4) is 0 Å². The van der Waals surface area contributed by atoms with Crippen molar-refractivity contribution in [3.63, 3.8) is 0 Å². The molecule has 0 saturated heterocycles. The number of carbonyl (C=O) groups excluding carboxylic acids is 2. The van der Waals surface area contributed by atoms with Gasteiger partial charge in [-0.3, -0.25) is 14.6 Å². The quantitative estimate of drug-likeness (QED) is 0.774. The van der Waals surface area contributed by atoms with Crippen molar-refractivity contribution in [1.82, 2.24) is 10.3 Å². The highest BCUT2D eigenvalue weighted by Crippen LogP contribution is 2.30.